The van der Waals surface area contributed by atoms with Crippen molar-refractivity contribution in [2.75, 3.05) is 5.32 Å². The number of hydrogen-bond acceptors (Lipinski definition) is 4. The van der Waals surface area contributed by atoms with E-state index >= 15 is 0 Å². The number of nitrogens with one attached hydrogen (secondary N) is 1. The van der Waals surface area contributed by atoms with Gasteiger partial charge in [0, 0.05) is 5.69 Å². The number of rotatable bonds is 2. The number of halogens is 3. The van der Waals surface area contributed by atoms with Gasteiger partial charge in [0.05, 0.1) is 5.56 Å². The largest absolute Gasteiger partial charge is 0.416 e. The lowest BCUT2D eigenvalue weighted by Gasteiger charge is -2.14. The summed E-state index contributed by atoms with van der Waals surface area (Å²) in [5, 5.41) is 28.5. The fraction of sp³-hybridized carbons (Fsp3) is 0.154. The topological polar surface area (TPSA) is 83.4 Å². The van der Waals surface area contributed by atoms with Crippen molar-refractivity contribution in [3.05, 3.63) is 40.6 Å². The van der Waals surface area contributed by atoms with Crippen LogP contribution in [0.5, 0.6) is 0 Å². The summed E-state index contributed by atoms with van der Waals surface area (Å²) in [6, 6.07) is 7.99. The molecule has 0 aromatic heterocycles. The second-order valence-corrected chi connectivity index (χ2v) is 3.69. The molecule has 0 saturated carbocycles. The van der Waals surface area contributed by atoms with E-state index in [1.54, 1.807) is 6.07 Å². The van der Waals surface area contributed by atoms with Crippen molar-refractivity contribution in [2.45, 2.75) is 13.1 Å². The van der Waals surface area contributed by atoms with E-state index in [0.29, 0.717) is 0 Å². The third-order valence-electron chi connectivity index (χ3n) is 2.48. The summed E-state index contributed by atoms with van der Waals surface area (Å²) in [4.78, 5) is 0. The van der Waals surface area contributed by atoms with Crippen LogP contribution in [0.2, 0.25) is 0 Å². The monoisotopic (exact) mass is 276 g/mol. The normalized spacial score (nSPS) is 9.85. The van der Waals surface area contributed by atoms with Crippen LogP contribution < -0.4 is 5.32 Å². The van der Waals surface area contributed by atoms with E-state index < -0.39 is 23.0 Å². The molecule has 0 amide bonds. The summed E-state index contributed by atoms with van der Waals surface area (Å²) >= 11 is 0. The van der Waals surface area contributed by atoms with Crippen molar-refractivity contribution < 1.29 is 13.2 Å². The fourth-order valence-corrected chi connectivity index (χ4v) is 1.50. The number of allylic oxidation sites excluding steroid dienone is 2. The van der Waals surface area contributed by atoms with E-state index in [-0.39, 0.29) is 11.3 Å². The standard InChI is InChI=1S/C13H7F3N4/c1-8-10(13(14,15)16)3-2-4-11(8)20-12(7-19)9(5-17)6-18/h2-4,20H,1H3. The van der Waals surface area contributed by atoms with Gasteiger partial charge < -0.3 is 5.32 Å². The Bertz CT molecular complexity index is 666. The van der Waals surface area contributed by atoms with Gasteiger partial charge in [0.15, 0.2) is 5.57 Å². The number of alkyl halides is 3. The van der Waals surface area contributed by atoms with E-state index in [1.165, 1.54) is 31.2 Å². The number of nitriles is 3. The molecule has 100 valence electrons. The fourth-order valence-electron chi connectivity index (χ4n) is 1.50. The lowest BCUT2D eigenvalue weighted by molar-refractivity contribution is -0.138. The summed E-state index contributed by atoms with van der Waals surface area (Å²) in [7, 11) is 0. The van der Waals surface area contributed by atoms with Gasteiger partial charge in [-0.15, -0.1) is 0 Å². The maximum absolute atomic E-state index is 12.7. The minimum atomic E-state index is -4.52. The summed E-state index contributed by atoms with van der Waals surface area (Å²) in [5.41, 5.74) is -1.85. The van der Waals surface area contributed by atoms with Gasteiger partial charge >= 0.3 is 6.18 Å². The van der Waals surface area contributed by atoms with Crippen molar-refractivity contribution >= 4 is 5.69 Å². The van der Waals surface area contributed by atoms with Gasteiger partial charge in [0.1, 0.15) is 23.9 Å². The third kappa shape index (κ3) is 3.07. The van der Waals surface area contributed by atoms with E-state index in [1.807, 2.05) is 0 Å². The highest BCUT2D eigenvalue weighted by Gasteiger charge is 2.33. The molecule has 0 fully saturated rings. The number of nitrogens with zero attached hydrogens (tertiary/aromatic N) is 3. The molecule has 0 aliphatic rings. The Labute approximate surface area is 113 Å². The zero-order valence-corrected chi connectivity index (χ0v) is 10.2. The molecule has 4 nitrogen and oxygen atoms in total. The summed E-state index contributed by atoms with van der Waals surface area (Å²) < 4.78 is 38.2. The Kier molecular flexibility index (Phi) is 4.35. The molecule has 1 aromatic carbocycles. The van der Waals surface area contributed by atoms with Gasteiger partial charge in [0.2, 0.25) is 0 Å². The highest BCUT2D eigenvalue weighted by molar-refractivity contribution is 5.63. The lowest BCUT2D eigenvalue weighted by Crippen LogP contribution is -2.10. The Morgan fingerprint density at radius 2 is 1.70 bits per heavy atom. The molecule has 0 bridgehead atoms. The van der Waals surface area contributed by atoms with Crippen molar-refractivity contribution in [2.24, 2.45) is 0 Å². The molecule has 0 atom stereocenters. The first kappa shape index (κ1) is 15.1. The van der Waals surface area contributed by atoms with Crippen LogP contribution in [0.1, 0.15) is 11.1 Å². The third-order valence-corrected chi connectivity index (χ3v) is 2.48. The van der Waals surface area contributed by atoms with Crippen LogP contribution in [-0.4, -0.2) is 0 Å². The van der Waals surface area contributed by atoms with Gasteiger partial charge in [-0.1, -0.05) is 6.07 Å². The zero-order valence-electron chi connectivity index (χ0n) is 10.2. The van der Waals surface area contributed by atoms with Crippen molar-refractivity contribution in [1.29, 1.82) is 15.8 Å². The smallest absolute Gasteiger partial charge is 0.345 e. The molecule has 1 aromatic rings. The number of anilines is 1. The van der Waals surface area contributed by atoms with Gasteiger partial charge in [-0.3, -0.25) is 0 Å². The average molecular weight is 276 g/mol. The zero-order chi connectivity index (χ0) is 15.3. The Morgan fingerprint density at radius 3 is 2.15 bits per heavy atom. The van der Waals surface area contributed by atoms with Crippen LogP contribution in [0.15, 0.2) is 29.5 Å². The summed E-state index contributed by atoms with van der Waals surface area (Å²) in [6.45, 7) is 1.23. The first-order valence-corrected chi connectivity index (χ1v) is 5.23. The van der Waals surface area contributed by atoms with E-state index in [0.717, 1.165) is 6.07 Å². The minimum Gasteiger partial charge on any atom is -0.345 e. The molecular weight excluding hydrogens is 269 g/mol. The Balaban J connectivity index is 3.33. The van der Waals surface area contributed by atoms with Crippen LogP contribution in [0.25, 0.3) is 0 Å². The highest BCUT2D eigenvalue weighted by Crippen LogP contribution is 2.34. The SMILES string of the molecule is Cc1c(NC(C#N)=C(C#N)C#N)cccc1C(F)(F)F. The molecule has 0 heterocycles. The summed E-state index contributed by atoms with van der Waals surface area (Å²) in [5.74, 6) is 0. The average Bonchev–Trinajstić information content (AvgIpc) is 2.39. The van der Waals surface area contributed by atoms with Gasteiger partial charge in [0.25, 0.3) is 0 Å². The number of benzene rings is 1. The second-order valence-electron chi connectivity index (χ2n) is 3.69. The van der Waals surface area contributed by atoms with Crippen LogP contribution in [-0.2, 0) is 6.18 Å². The first-order valence-electron chi connectivity index (χ1n) is 5.23. The maximum atomic E-state index is 12.7. The van der Waals surface area contributed by atoms with Crippen LogP contribution in [0.3, 0.4) is 0 Å². The van der Waals surface area contributed by atoms with Gasteiger partial charge in [-0.05, 0) is 24.6 Å². The van der Waals surface area contributed by atoms with E-state index in [9.17, 15) is 13.2 Å². The Morgan fingerprint density at radius 1 is 1.10 bits per heavy atom. The molecule has 0 saturated heterocycles. The molecule has 0 aliphatic heterocycles. The minimum absolute atomic E-state index is 0.0133. The summed E-state index contributed by atoms with van der Waals surface area (Å²) in [6.07, 6.45) is -4.52. The van der Waals surface area contributed by atoms with E-state index in [2.05, 4.69) is 5.32 Å². The molecule has 1 rings (SSSR count). The van der Waals surface area contributed by atoms with Gasteiger partial charge in [-0.25, -0.2) is 0 Å². The molecule has 0 radical (unpaired) electrons. The highest BCUT2D eigenvalue weighted by atomic mass is 19.4. The van der Waals surface area contributed by atoms with Crippen LogP contribution >= 0.6 is 0 Å². The quantitative estimate of drug-likeness (QED) is 0.840. The molecule has 20 heavy (non-hydrogen) atoms. The maximum Gasteiger partial charge on any atom is 0.416 e. The second kappa shape index (κ2) is 5.77. The molecule has 0 spiro atoms. The predicted octanol–water partition coefficient (Wildman–Crippen LogP) is 3.25. The molecule has 1 N–H and O–H groups in total. The molecule has 7 heteroatoms. The molecule has 0 unspecified atom stereocenters. The predicted molar refractivity (Wildman–Crippen MR) is 63.7 cm³/mol. The van der Waals surface area contributed by atoms with Crippen molar-refractivity contribution in [3.63, 3.8) is 0 Å². The van der Waals surface area contributed by atoms with Crippen LogP contribution in [0, 0.1) is 40.9 Å². The van der Waals surface area contributed by atoms with Gasteiger partial charge in [-0.2, -0.15) is 29.0 Å². The molecular formula is C13H7F3N4. The van der Waals surface area contributed by atoms with Crippen molar-refractivity contribution in [3.8, 4) is 18.2 Å². The van der Waals surface area contributed by atoms with E-state index in [4.69, 9.17) is 15.8 Å². The van der Waals surface area contributed by atoms with Crippen molar-refractivity contribution in [1.82, 2.24) is 0 Å². The Hall–Kier alpha value is -2.98. The van der Waals surface area contributed by atoms with Crippen LogP contribution in [0.4, 0.5) is 18.9 Å². The molecule has 0 aliphatic carbocycles. The lowest BCUT2D eigenvalue weighted by atomic mass is 10.1. The number of hydrogen-bond donors (Lipinski definition) is 1. The first-order chi connectivity index (χ1) is 9.35.